The summed E-state index contributed by atoms with van der Waals surface area (Å²) in [7, 11) is 1.58. The number of anilines is 1. The molecule has 1 saturated heterocycles. The minimum absolute atomic E-state index is 0.0375. The molecule has 2 heterocycles. The van der Waals surface area contributed by atoms with E-state index in [4.69, 9.17) is 9.47 Å². The van der Waals surface area contributed by atoms with E-state index in [1.165, 1.54) is 0 Å². The third-order valence-electron chi connectivity index (χ3n) is 3.88. The van der Waals surface area contributed by atoms with Crippen LogP contribution in [0.1, 0.15) is 6.42 Å². The summed E-state index contributed by atoms with van der Waals surface area (Å²) in [6.07, 6.45) is 0.0375. The van der Waals surface area contributed by atoms with E-state index in [9.17, 15) is 9.59 Å². The molecule has 2 aliphatic heterocycles. The number of hydrogen-bond donors (Lipinski definition) is 2. The summed E-state index contributed by atoms with van der Waals surface area (Å²) < 4.78 is 10.4. The van der Waals surface area contributed by atoms with Gasteiger partial charge < -0.3 is 19.7 Å². The lowest BCUT2D eigenvalue weighted by Gasteiger charge is -2.32. The van der Waals surface area contributed by atoms with Gasteiger partial charge in [-0.15, -0.1) is 0 Å². The highest BCUT2D eigenvalue weighted by molar-refractivity contribution is 6.05. The number of aliphatic imine (C=N–C) groups is 1. The standard InChI is InChI=1S/C16H20N4O4/c1-23-12-4-2-11(3-5-12)17-15(22)13-10-14(21)19-16(18-13)20-6-8-24-9-7-20/h2-5,13H,6-10H2,1H3,(H,17,22)(H,18,19,21). The van der Waals surface area contributed by atoms with Crippen LogP contribution in [0, 0.1) is 0 Å². The zero-order valence-electron chi connectivity index (χ0n) is 13.4. The predicted molar refractivity (Wildman–Crippen MR) is 88.0 cm³/mol. The van der Waals surface area contributed by atoms with E-state index in [2.05, 4.69) is 15.6 Å². The summed E-state index contributed by atoms with van der Waals surface area (Å²) >= 11 is 0. The highest BCUT2D eigenvalue weighted by atomic mass is 16.5. The number of ether oxygens (including phenoxy) is 2. The molecule has 0 radical (unpaired) electrons. The monoisotopic (exact) mass is 332 g/mol. The van der Waals surface area contributed by atoms with Crippen molar-refractivity contribution in [3.05, 3.63) is 24.3 Å². The van der Waals surface area contributed by atoms with E-state index in [1.54, 1.807) is 31.4 Å². The number of carbonyl (C=O) groups excluding carboxylic acids is 2. The van der Waals surface area contributed by atoms with Crippen molar-refractivity contribution in [2.24, 2.45) is 4.99 Å². The number of nitrogens with zero attached hydrogens (tertiary/aromatic N) is 2. The van der Waals surface area contributed by atoms with E-state index < -0.39 is 6.04 Å². The number of rotatable bonds is 3. The number of carbonyl (C=O) groups is 2. The summed E-state index contributed by atoms with van der Waals surface area (Å²) in [5, 5.41) is 5.52. The first-order valence-corrected chi connectivity index (χ1v) is 7.81. The van der Waals surface area contributed by atoms with Crippen molar-refractivity contribution >= 4 is 23.5 Å². The second-order valence-electron chi connectivity index (χ2n) is 5.54. The molecule has 2 N–H and O–H groups in total. The molecule has 1 fully saturated rings. The van der Waals surface area contributed by atoms with E-state index in [0.717, 1.165) is 0 Å². The smallest absolute Gasteiger partial charge is 0.249 e. The largest absolute Gasteiger partial charge is 0.497 e. The number of morpholine rings is 1. The lowest BCUT2D eigenvalue weighted by Crippen LogP contribution is -2.53. The van der Waals surface area contributed by atoms with Crippen LogP contribution in [-0.2, 0) is 14.3 Å². The van der Waals surface area contributed by atoms with Gasteiger partial charge in [-0.3, -0.25) is 14.9 Å². The molecule has 0 bridgehead atoms. The van der Waals surface area contributed by atoms with Gasteiger partial charge >= 0.3 is 0 Å². The first-order valence-electron chi connectivity index (χ1n) is 7.81. The van der Waals surface area contributed by atoms with Crippen LogP contribution < -0.4 is 15.4 Å². The van der Waals surface area contributed by atoms with Crippen molar-refractivity contribution in [2.75, 3.05) is 38.7 Å². The molecule has 1 aromatic rings. The van der Waals surface area contributed by atoms with E-state index in [-0.39, 0.29) is 18.2 Å². The van der Waals surface area contributed by atoms with Crippen LogP contribution in [0.5, 0.6) is 5.75 Å². The lowest BCUT2D eigenvalue weighted by molar-refractivity contribution is -0.125. The van der Waals surface area contributed by atoms with E-state index >= 15 is 0 Å². The second-order valence-corrected chi connectivity index (χ2v) is 5.54. The fourth-order valence-electron chi connectivity index (χ4n) is 2.56. The van der Waals surface area contributed by atoms with Gasteiger partial charge in [0.25, 0.3) is 0 Å². The van der Waals surface area contributed by atoms with Crippen molar-refractivity contribution in [3.63, 3.8) is 0 Å². The molecule has 0 spiro atoms. The first kappa shape index (κ1) is 16.3. The summed E-state index contributed by atoms with van der Waals surface area (Å²) in [5.74, 6) is 0.643. The molecule has 8 nitrogen and oxygen atoms in total. The molecule has 2 amide bonds. The van der Waals surface area contributed by atoms with Gasteiger partial charge in [-0.05, 0) is 24.3 Å². The first-order chi connectivity index (χ1) is 11.7. The Morgan fingerprint density at radius 1 is 1.33 bits per heavy atom. The Labute approximate surface area is 139 Å². The third-order valence-corrected chi connectivity index (χ3v) is 3.88. The Morgan fingerprint density at radius 2 is 2.04 bits per heavy atom. The minimum atomic E-state index is -0.737. The minimum Gasteiger partial charge on any atom is -0.497 e. The Hall–Kier alpha value is -2.61. The maximum absolute atomic E-state index is 12.4. The van der Waals surface area contributed by atoms with Gasteiger partial charge in [0.15, 0.2) is 0 Å². The molecule has 24 heavy (non-hydrogen) atoms. The number of benzene rings is 1. The third kappa shape index (κ3) is 3.83. The molecular formula is C16H20N4O4. The van der Waals surface area contributed by atoms with Crippen molar-refractivity contribution in [2.45, 2.75) is 12.5 Å². The predicted octanol–water partition coefficient (Wildman–Crippen LogP) is 0.210. The number of nitrogens with one attached hydrogen (secondary N) is 2. The summed E-state index contributed by atoms with van der Waals surface area (Å²) in [6.45, 7) is 2.45. The number of amides is 2. The number of guanidine groups is 1. The second kappa shape index (κ2) is 7.31. The van der Waals surface area contributed by atoms with Gasteiger partial charge in [-0.1, -0.05) is 0 Å². The fraction of sp³-hybridized carbons (Fsp3) is 0.438. The Balaban J connectivity index is 1.69. The molecular weight excluding hydrogens is 312 g/mol. The van der Waals surface area contributed by atoms with Crippen LogP contribution in [0.3, 0.4) is 0 Å². The molecule has 1 unspecified atom stereocenters. The Bertz CT molecular complexity index is 638. The average Bonchev–Trinajstić information content (AvgIpc) is 2.62. The molecule has 1 atom stereocenters. The number of hydrogen-bond acceptors (Lipinski definition) is 6. The van der Waals surface area contributed by atoms with Crippen LogP contribution in [0.4, 0.5) is 5.69 Å². The van der Waals surface area contributed by atoms with Crippen molar-refractivity contribution in [3.8, 4) is 5.75 Å². The van der Waals surface area contributed by atoms with E-state index in [1.807, 2.05) is 4.90 Å². The van der Waals surface area contributed by atoms with E-state index in [0.29, 0.717) is 43.7 Å². The quantitative estimate of drug-likeness (QED) is 0.825. The van der Waals surface area contributed by atoms with Crippen molar-refractivity contribution < 1.29 is 19.1 Å². The molecule has 8 heteroatoms. The molecule has 2 aliphatic rings. The van der Waals surface area contributed by atoms with Crippen LogP contribution >= 0.6 is 0 Å². The summed E-state index contributed by atoms with van der Waals surface area (Å²) in [6, 6.07) is 6.26. The average molecular weight is 332 g/mol. The molecule has 128 valence electrons. The van der Waals surface area contributed by atoms with Crippen molar-refractivity contribution in [1.82, 2.24) is 10.2 Å². The van der Waals surface area contributed by atoms with Crippen LogP contribution in [0.25, 0.3) is 0 Å². The molecule has 0 saturated carbocycles. The van der Waals surface area contributed by atoms with Crippen LogP contribution in [0.15, 0.2) is 29.3 Å². The fourth-order valence-corrected chi connectivity index (χ4v) is 2.56. The Morgan fingerprint density at radius 3 is 2.71 bits per heavy atom. The zero-order valence-corrected chi connectivity index (χ0v) is 13.4. The highest BCUT2D eigenvalue weighted by Crippen LogP contribution is 2.16. The van der Waals surface area contributed by atoms with Gasteiger partial charge in [-0.2, -0.15) is 0 Å². The zero-order chi connectivity index (χ0) is 16.9. The van der Waals surface area contributed by atoms with Crippen LogP contribution in [0.2, 0.25) is 0 Å². The normalized spacial score (nSPS) is 20.9. The van der Waals surface area contributed by atoms with Crippen LogP contribution in [-0.4, -0.2) is 62.1 Å². The maximum atomic E-state index is 12.4. The lowest BCUT2D eigenvalue weighted by atomic mass is 10.1. The van der Waals surface area contributed by atoms with Gasteiger partial charge in [0.2, 0.25) is 17.8 Å². The van der Waals surface area contributed by atoms with Crippen molar-refractivity contribution in [1.29, 1.82) is 0 Å². The molecule has 3 rings (SSSR count). The van der Waals surface area contributed by atoms with Gasteiger partial charge in [0, 0.05) is 18.8 Å². The Kier molecular flexibility index (Phi) is 4.95. The summed E-state index contributed by atoms with van der Waals surface area (Å²) in [5.41, 5.74) is 0.634. The summed E-state index contributed by atoms with van der Waals surface area (Å²) in [4.78, 5) is 30.7. The maximum Gasteiger partial charge on any atom is 0.249 e. The topological polar surface area (TPSA) is 92.3 Å². The molecule has 1 aromatic carbocycles. The SMILES string of the molecule is COc1ccc(NC(=O)C2CC(=O)NC(N3CCOCC3)=N2)cc1. The van der Waals surface area contributed by atoms with Gasteiger partial charge in [0.05, 0.1) is 26.7 Å². The molecule has 0 aliphatic carbocycles. The molecule has 0 aromatic heterocycles. The van der Waals surface area contributed by atoms with Gasteiger partial charge in [0.1, 0.15) is 11.8 Å². The number of methoxy groups -OCH3 is 1. The van der Waals surface area contributed by atoms with Gasteiger partial charge in [-0.25, -0.2) is 4.99 Å². The highest BCUT2D eigenvalue weighted by Gasteiger charge is 2.29.